The van der Waals surface area contributed by atoms with Crippen LogP contribution in [0, 0.1) is 0 Å². The van der Waals surface area contributed by atoms with E-state index in [4.69, 9.17) is 0 Å². The molecule has 0 aliphatic rings. The highest BCUT2D eigenvalue weighted by Gasteiger charge is 2.29. The van der Waals surface area contributed by atoms with E-state index in [9.17, 15) is 28.8 Å². The number of rotatable bonds is 9. The minimum atomic E-state index is -1.80. The summed E-state index contributed by atoms with van der Waals surface area (Å²) in [5.74, 6) is 0. The molecule has 1 aromatic rings. The molecule has 15 nitrogen and oxygen atoms in total. The van der Waals surface area contributed by atoms with Gasteiger partial charge in [-0.25, -0.2) is 28.8 Å². The Morgan fingerprint density at radius 1 is 0.600 bits per heavy atom. The van der Waals surface area contributed by atoms with E-state index < -0.39 is 55.7 Å². The van der Waals surface area contributed by atoms with E-state index in [2.05, 4.69) is 48.2 Å². The molecule has 0 unspecified atom stereocenters. The lowest BCUT2D eigenvalue weighted by molar-refractivity contribution is 0.0272. The summed E-state index contributed by atoms with van der Waals surface area (Å²) in [4.78, 5) is 73.4. The standard InChI is InChI=1S/C15H15N3O12/c1-4-25-7-28-13(22)16-10(19)17(14(23)29-8-26-5-2)12(21)18(11(16)20)15(24)30-9-27-6-3/h4-6H,1-3,7-9H2. The molecular weight excluding hydrogens is 414 g/mol. The van der Waals surface area contributed by atoms with Crippen molar-refractivity contribution in [1.29, 1.82) is 0 Å². The van der Waals surface area contributed by atoms with Crippen LogP contribution in [-0.4, -0.2) is 52.4 Å². The predicted molar refractivity (Wildman–Crippen MR) is 93.3 cm³/mol. The maximum Gasteiger partial charge on any atom is 0.429 e. The van der Waals surface area contributed by atoms with Crippen molar-refractivity contribution in [3.63, 3.8) is 0 Å². The molecule has 0 fully saturated rings. The van der Waals surface area contributed by atoms with Gasteiger partial charge >= 0.3 is 35.3 Å². The quantitative estimate of drug-likeness (QED) is 0.213. The second-order valence-electron chi connectivity index (χ2n) is 4.44. The van der Waals surface area contributed by atoms with Crippen molar-refractivity contribution in [1.82, 2.24) is 13.7 Å². The minimum absolute atomic E-state index is 0.348. The molecule has 30 heavy (non-hydrogen) atoms. The summed E-state index contributed by atoms with van der Waals surface area (Å²) in [5.41, 5.74) is -5.41. The normalized spacial score (nSPS) is 9.60. The average molecular weight is 429 g/mol. The fraction of sp³-hybridized carbons (Fsp3) is 0.200. The fourth-order valence-corrected chi connectivity index (χ4v) is 1.61. The minimum Gasteiger partial charge on any atom is -0.466 e. The summed E-state index contributed by atoms with van der Waals surface area (Å²) in [6.45, 7) is 7.14. The first-order valence-electron chi connectivity index (χ1n) is 7.51. The first-order chi connectivity index (χ1) is 14.3. The Hall–Kier alpha value is -4.56. The molecule has 1 aromatic heterocycles. The van der Waals surface area contributed by atoms with Gasteiger partial charge in [-0.15, -0.1) is 13.7 Å². The van der Waals surface area contributed by atoms with Crippen LogP contribution < -0.4 is 17.1 Å². The Morgan fingerprint density at radius 3 is 1.03 bits per heavy atom. The molecule has 1 heterocycles. The highest BCUT2D eigenvalue weighted by atomic mass is 16.7. The summed E-state index contributed by atoms with van der Waals surface area (Å²) < 4.78 is 25.9. The van der Waals surface area contributed by atoms with Gasteiger partial charge in [0.05, 0.1) is 18.8 Å². The number of nitrogens with zero attached hydrogens (tertiary/aromatic N) is 3. The fourth-order valence-electron chi connectivity index (χ4n) is 1.61. The van der Waals surface area contributed by atoms with Gasteiger partial charge in [0.15, 0.2) is 0 Å². The zero-order chi connectivity index (χ0) is 22.7. The van der Waals surface area contributed by atoms with Crippen molar-refractivity contribution in [2.75, 3.05) is 20.4 Å². The van der Waals surface area contributed by atoms with Crippen LogP contribution in [0.4, 0.5) is 14.4 Å². The van der Waals surface area contributed by atoms with Gasteiger partial charge < -0.3 is 28.4 Å². The number of aromatic nitrogens is 3. The molecule has 0 radical (unpaired) electrons. The Balaban J connectivity index is 3.57. The van der Waals surface area contributed by atoms with Crippen molar-refractivity contribution in [3.8, 4) is 0 Å². The first-order valence-corrected chi connectivity index (χ1v) is 7.51. The van der Waals surface area contributed by atoms with Gasteiger partial charge in [-0.3, -0.25) is 0 Å². The lowest BCUT2D eigenvalue weighted by atomic mass is 10.7. The monoisotopic (exact) mass is 429 g/mol. The molecule has 0 spiro atoms. The van der Waals surface area contributed by atoms with Crippen LogP contribution in [0.3, 0.4) is 0 Å². The van der Waals surface area contributed by atoms with Crippen LogP contribution in [0.15, 0.2) is 52.9 Å². The van der Waals surface area contributed by atoms with Crippen molar-refractivity contribution in [3.05, 3.63) is 70.0 Å². The Bertz CT molecular complexity index is 856. The highest BCUT2D eigenvalue weighted by molar-refractivity contribution is 5.75. The molecule has 0 aliphatic carbocycles. The topological polar surface area (TPSA) is 173 Å². The molecule has 0 saturated carbocycles. The van der Waals surface area contributed by atoms with E-state index in [1.165, 1.54) is 0 Å². The van der Waals surface area contributed by atoms with Crippen LogP contribution in [0.2, 0.25) is 0 Å². The molecule has 1 rings (SSSR count). The smallest absolute Gasteiger partial charge is 0.429 e. The third-order valence-corrected chi connectivity index (χ3v) is 2.80. The molecule has 0 aliphatic heterocycles. The van der Waals surface area contributed by atoms with Crippen LogP contribution in [-0.2, 0) is 28.4 Å². The molecule has 0 atom stereocenters. The Kier molecular flexibility index (Phi) is 8.86. The lowest BCUT2D eigenvalue weighted by Crippen LogP contribution is -2.59. The molecule has 15 heteroatoms. The number of hydrogen-bond donors (Lipinski definition) is 0. The molecule has 162 valence electrons. The summed E-state index contributed by atoms with van der Waals surface area (Å²) in [7, 11) is 0. The second kappa shape index (κ2) is 11.3. The van der Waals surface area contributed by atoms with E-state index >= 15 is 0 Å². The molecular formula is C15H15N3O12. The molecule has 0 aromatic carbocycles. The number of ether oxygens (including phenoxy) is 6. The van der Waals surface area contributed by atoms with Gasteiger partial charge in [-0.05, 0) is 0 Å². The van der Waals surface area contributed by atoms with E-state index in [1.54, 1.807) is 0 Å². The summed E-state index contributed by atoms with van der Waals surface area (Å²) in [6, 6.07) is 0. The van der Waals surface area contributed by atoms with Crippen LogP contribution in [0.25, 0.3) is 0 Å². The number of carbonyl (C=O) groups is 3. The summed E-state index contributed by atoms with van der Waals surface area (Å²) in [6.07, 6.45) is -2.45. The van der Waals surface area contributed by atoms with E-state index in [-0.39, 0.29) is 13.7 Å². The van der Waals surface area contributed by atoms with Gasteiger partial charge in [-0.2, -0.15) is 0 Å². The summed E-state index contributed by atoms with van der Waals surface area (Å²) in [5, 5.41) is 0. The van der Waals surface area contributed by atoms with Gasteiger partial charge in [0, 0.05) is 0 Å². The predicted octanol–water partition coefficient (Wildman–Crippen LogP) is -0.521. The Labute approximate surface area is 166 Å². The van der Waals surface area contributed by atoms with Crippen molar-refractivity contribution >= 4 is 18.3 Å². The van der Waals surface area contributed by atoms with E-state index in [0.29, 0.717) is 0 Å². The third-order valence-electron chi connectivity index (χ3n) is 2.80. The maximum absolute atomic E-state index is 12.4. The van der Waals surface area contributed by atoms with Crippen molar-refractivity contribution in [2.24, 2.45) is 0 Å². The van der Waals surface area contributed by atoms with Crippen LogP contribution in [0.5, 0.6) is 0 Å². The SMILES string of the molecule is C=COCOC(=O)n1c(=O)n(C(=O)OCOC=C)c(=O)n(C(=O)OCOC=C)c1=O. The lowest BCUT2D eigenvalue weighted by Gasteiger charge is -2.12. The first kappa shape index (κ1) is 23.5. The van der Waals surface area contributed by atoms with Crippen molar-refractivity contribution in [2.45, 2.75) is 0 Å². The average Bonchev–Trinajstić information content (AvgIpc) is 2.68. The van der Waals surface area contributed by atoms with E-state index in [1.807, 2.05) is 0 Å². The zero-order valence-electron chi connectivity index (χ0n) is 15.2. The van der Waals surface area contributed by atoms with Gasteiger partial charge in [0.2, 0.25) is 20.4 Å². The van der Waals surface area contributed by atoms with Gasteiger partial charge in [0.1, 0.15) is 0 Å². The van der Waals surface area contributed by atoms with E-state index in [0.717, 1.165) is 18.8 Å². The molecule has 0 bridgehead atoms. The number of carbonyl (C=O) groups excluding carboxylic acids is 3. The maximum atomic E-state index is 12.4. The van der Waals surface area contributed by atoms with Crippen LogP contribution in [0.1, 0.15) is 0 Å². The van der Waals surface area contributed by atoms with Gasteiger partial charge in [0.25, 0.3) is 0 Å². The second-order valence-corrected chi connectivity index (χ2v) is 4.44. The molecule has 0 N–H and O–H groups in total. The van der Waals surface area contributed by atoms with Gasteiger partial charge in [-0.1, -0.05) is 19.7 Å². The largest absolute Gasteiger partial charge is 0.466 e. The highest BCUT2D eigenvalue weighted by Crippen LogP contribution is 1.89. The number of hydrogen-bond acceptors (Lipinski definition) is 12. The third kappa shape index (κ3) is 5.47. The van der Waals surface area contributed by atoms with Crippen molar-refractivity contribution < 1.29 is 42.8 Å². The van der Waals surface area contributed by atoms with Crippen LogP contribution >= 0.6 is 0 Å². The Morgan fingerprint density at radius 2 is 0.833 bits per heavy atom. The molecule has 0 saturated heterocycles. The molecule has 0 amide bonds. The zero-order valence-corrected chi connectivity index (χ0v) is 15.2. The summed E-state index contributed by atoms with van der Waals surface area (Å²) >= 11 is 0.